The average molecular weight is 421 g/mol. The number of para-hydroxylation sites is 1. The molecular formula is C25H16FN5O. The molecule has 5 aromatic rings. The first-order chi connectivity index (χ1) is 15.6. The fourth-order valence-electron chi connectivity index (χ4n) is 4.63. The Morgan fingerprint density at radius 1 is 0.969 bits per heavy atom. The molecule has 154 valence electrons. The standard InChI is InChI=1S/C25H16FN5O/c26-16-7-3-1-5-12(16)19-14-9-10-18-20(13-6-2-4-8-17(13)30-18)23(14)32-25-21(19)22(28)15(11-27)24(29)31-25/h1-10,19,30H,(H4,28,29,31). The van der Waals surface area contributed by atoms with Crippen molar-refractivity contribution in [2.24, 2.45) is 0 Å². The number of H-pyrrole nitrogens is 1. The quantitative estimate of drug-likeness (QED) is 0.339. The third kappa shape index (κ3) is 2.35. The molecule has 6 rings (SSSR count). The largest absolute Gasteiger partial charge is 0.437 e. The molecule has 3 aromatic carbocycles. The van der Waals surface area contributed by atoms with Crippen LogP contribution in [0.1, 0.15) is 28.2 Å². The highest BCUT2D eigenvalue weighted by molar-refractivity contribution is 6.11. The van der Waals surface area contributed by atoms with E-state index in [9.17, 15) is 5.26 Å². The molecule has 32 heavy (non-hydrogen) atoms. The Balaban J connectivity index is 1.76. The van der Waals surface area contributed by atoms with E-state index >= 15 is 4.39 Å². The molecule has 6 nitrogen and oxygen atoms in total. The van der Waals surface area contributed by atoms with Gasteiger partial charge in [0, 0.05) is 27.9 Å². The SMILES string of the molecule is N#Cc1c(N)nc2c(c1N)C(c1ccccc1F)c1ccc3[nH]c4ccccc4c3c1O2. The van der Waals surface area contributed by atoms with Crippen molar-refractivity contribution in [2.45, 2.75) is 5.92 Å². The smallest absolute Gasteiger partial charge is 0.227 e. The number of pyridine rings is 1. The summed E-state index contributed by atoms with van der Waals surface area (Å²) >= 11 is 0. The van der Waals surface area contributed by atoms with Gasteiger partial charge in [-0.25, -0.2) is 4.39 Å². The Bertz CT molecular complexity index is 1620. The fraction of sp³-hybridized carbons (Fsp3) is 0.0400. The number of hydrogen-bond acceptors (Lipinski definition) is 5. The van der Waals surface area contributed by atoms with Crippen LogP contribution in [-0.4, -0.2) is 9.97 Å². The minimum Gasteiger partial charge on any atom is -0.437 e. The second-order valence-electron chi connectivity index (χ2n) is 7.75. The van der Waals surface area contributed by atoms with Crippen molar-refractivity contribution >= 4 is 33.3 Å². The molecule has 2 aromatic heterocycles. The van der Waals surface area contributed by atoms with Crippen LogP contribution in [0.4, 0.5) is 15.9 Å². The van der Waals surface area contributed by atoms with Gasteiger partial charge in [-0.15, -0.1) is 0 Å². The third-order valence-corrected chi connectivity index (χ3v) is 6.05. The minimum atomic E-state index is -0.617. The van der Waals surface area contributed by atoms with Crippen molar-refractivity contribution in [3.8, 4) is 17.7 Å². The molecular weight excluding hydrogens is 405 g/mol. The van der Waals surface area contributed by atoms with Crippen LogP contribution in [0.5, 0.6) is 11.6 Å². The van der Waals surface area contributed by atoms with E-state index in [2.05, 4.69) is 9.97 Å². The number of aromatic nitrogens is 2. The fourth-order valence-corrected chi connectivity index (χ4v) is 4.63. The number of nitrogens with one attached hydrogen (secondary N) is 1. The van der Waals surface area contributed by atoms with Gasteiger partial charge in [0.25, 0.3) is 0 Å². The molecule has 0 amide bonds. The van der Waals surface area contributed by atoms with Crippen molar-refractivity contribution in [3.05, 3.63) is 88.7 Å². The number of fused-ring (bicyclic) bond motifs is 6. The maximum Gasteiger partial charge on any atom is 0.227 e. The zero-order valence-electron chi connectivity index (χ0n) is 16.7. The predicted molar refractivity (Wildman–Crippen MR) is 121 cm³/mol. The van der Waals surface area contributed by atoms with Gasteiger partial charge in [-0.2, -0.15) is 10.2 Å². The van der Waals surface area contributed by atoms with Crippen LogP contribution in [0.3, 0.4) is 0 Å². The van der Waals surface area contributed by atoms with Crippen LogP contribution >= 0.6 is 0 Å². The van der Waals surface area contributed by atoms with Crippen LogP contribution in [-0.2, 0) is 0 Å². The van der Waals surface area contributed by atoms with E-state index in [1.807, 2.05) is 42.5 Å². The summed E-state index contributed by atoms with van der Waals surface area (Å²) in [4.78, 5) is 7.73. The molecule has 3 heterocycles. The number of halogens is 1. The Labute approximate surface area is 181 Å². The zero-order valence-corrected chi connectivity index (χ0v) is 16.7. The van der Waals surface area contributed by atoms with Gasteiger partial charge < -0.3 is 21.2 Å². The molecule has 0 radical (unpaired) electrons. The monoisotopic (exact) mass is 421 g/mol. The van der Waals surface area contributed by atoms with Crippen LogP contribution in [0, 0.1) is 17.1 Å². The lowest BCUT2D eigenvalue weighted by Crippen LogP contribution is -2.18. The van der Waals surface area contributed by atoms with Crippen LogP contribution < -0.4 is 16.2 Å². The Morgan fingerprint density at radius 3 is 2.56 bits per heavy atom. The minimum absolute atomic E-state index is 0.0226. The molecule has 0 fully saturated rings. The van der Waals surface area contributed by atoms with E-state index in [1.165, 1.54) is 6.07 Å². The number of rotatable bonds is 1. The number of nitrogens with zero attached hydrogens (tertiary/aromatic N) is 2. The second-order valence-corrected chi connectivity index (χ2v) is 7.75. The number of aromatic amines is 1. The van der Waals surface area contributed by atoms with Gasteiger partial charge in [0.05, 0.1) is 22.2 Å². The number of hydrogen-bond donors (Lipinski definition) is 3. The average Bonchev–Trinajstić information content (AvgIpc) is 3.17. The predicted octanol–water partition coefficient (Wildman–Crippen LogP) is 5.18. The first-order valence-corrected chi connectivity index (χ1v) is 10.0. The summed E-state index contributed by atoms with van der Waals surface area (Å²) < 4.78 is 21.4. The van der Waals surface area contributed by atoms with Crippen molar-refractivity contribution in [3.63, 3.8) is 0 Å². The molecule has 0 aliphatic carbocycles. The topological polar surface area (TPSA) is 114 Å². The molecule has 0 spiro atoms. The highest BCUT2D eigenvalue weighted by atomic mass is 19.1. The van der Waals surface area contributed by atoms with Gasteiger partial charge in [-0.3, -0.25) is 0 Å². The summed E-state index contributed by atoms with van der Waals surface area (Å²) in [5.41, 5.74) is 16.0. The van der Waals surface area contributed by atoms with E-state index < -0.39 is 5.92 Å². The van der Waals surface area contributed by atoms with Crippen molar-refractivity contribution < 1.29 is 9.13 Å². The van der Waals surface area contributed by atoms with Crippen molar-refractivity contribution in [1.82, 2.24) is 9.97 Å². The number of benzene rings is 3. The van der Waals surface area contributed by atoms with Gasteiger partial charge in [0.2, 0.25) is 5.88 Å². The first-order valence-electron chi connectivity index (χ1n) is 10.0. The van der Waals surface area contributed by atoms with Crippen LogP contribution in [0.15, 0.2) is 60.7 Å². The molecule has 5 N–H and O–H groups in total. The molecule has 1 unspecified atom stereocenters. The van der Waals surface area contributed by atoms with E-state index in [0.717, 1.165) is 27.4 Å². The summed E-state index contributed by atoms with van der Waals surface area (Å²) in [5, 5.41) is 11.4. The van der Waals surface area contributed by atoms with Gasteiger partial charge in [-0.05, 0) is 18.2 Å². The molecule has 1 aliphatic rings. The summed E-state index contributed by atoms with van der Waals surface area (Å²) in [7, 11) is 0. The second kappa shape index (κ2) is 6.46. The Hall–Kier alpha value is -4.57. The van der Waals surface area contributed by atoms with Crippen LogP contribution in [0.25, 0.3) is 21.8 Å². The highest BCUT2D eigenvalue weighted by Crippen LogP contribution is 2.53. The van der Waals surface area contributed by atoms with Crippen LogP contribution in [0.2, 0.25) is 0 Å². The summed E-state index contributed by atoms with van der Waals surface area (Å²) in [5.74, 6) is -0.280. The Kier molecular flexibility index (Phi) is 3.68. The number of nitriles is 1. The van der Waals surface area contributed by atoms with Crippen molar-refractivity contribution in [1.29, 1.82) is 5.26 Å². The zero-order chi connectivity index (χ0) is 22.0. The number of nitrogen functional groups attached to an aromatic ring is 2. The molecule has 0 bridgehead atoms. The van der Waals surface area contributed by atoms with Gasteiger partial charge >= 0.3 is 0 Å². The lowest BCUT2D eigenvalue weighted by molar-refractivity contribution is 0.439. The number of nitrogens with two attached hydrogens (primary N) is 2. The molecule has 1 aliphatic heterocycles. The summed E-state index contributed by atoms with van der Waals surface area (Å²) in [6.45, 7) is 0. The number of ether oxygens (including phenoxy) is 1. The highest BCUT2D eigenvalue weighted by Gasteiger charge is 2.36. The van der Waals surface area contributed by atoms with E-state index in [4.69, 9.17) is 16.2 Å². The maximum atomic E-state index is 15.1. The normalized spacial score (nSPS) is 14.6. The van der Waals surface area contributed by atoms with E-state index in [-0.39, 0.29) is 28.8 Å². The molecule has 7 heteroatoms. The van der Waals surface area contributed by atoms with Gasteiger partial charge in [0.1, 0.15) is 29.0 Å². The van der Waals surface area contributed by atoms with E-state index in [1.54, 1.807) is 18.2 Å². The Morgan fingerprint density at radius 2 is 1.75 bits per heavy atom. The first kappa shape index (κ1) is 18.2. The third-order valence-electron chi connectivity index (χ3n) is 6.05. The summed E-state index contributed by atoms with van der Waals surface area (Å²) in [6, 6.07) is 20.3. The molecule has 1 atom stereocenters. The molecule has 0 saturated heterocycles. The number of anilines is 2. The van der Waals surface area contributed by atoms with E-state index in [0.29, 0.717) is 16.9 Å². The molecule has 0 saturated carbocycles. The van der Waals surface area contributed by atoms with Crippen molar-refractivity contribution in [2.75, 3.05) is 11.5 Å². The summed E-state index contributed by atoms with van der Waals surface area (Å²) in [6.07, 6.45) is 0. The van der Waals surface area contributed by atoms with Gasteiger partial charge in [0.15, 0.2) is 0 Å². The lowest BCUT2D eigenvalue weighted by atomic mass is 9.81. The van der Waals surface area contributed by atoms with Gasteiger partial charge in [-0.1, -0.05) is 42.5 Å². The maximum absolute atomic E-state index is 15.1. The lowest BCUT2D eigenvalue weighted by Gasteiger charge is -2.30.